The molecular formula is C69H48N12O9. The molecule has 0 N–H and O–H groups in total. The van der Waals surface area contributed by atoms with Crippen LogP contribution in [-0.4, -0.2) is 79.7 Å². The second kappa shape index (κ2) is 21.7. The van der Waals surface area contributed by atoms with Crippen molar-refractivity contribution < 1.29 is 29.0 Å². The number of ether oxygens (including phenoxy) is 3. The smallest absolute Gasteiger partial charge is 0.331 e. The van der Waals surface area contributed by atoms with Gasteiger partial charge in [0.15, 0.2) is 0 Å². The van der Waals surface area contributed by atoms with E-state index in [1.54, 1.807) is 54.6 Å². The molecule has 0 saturated carbocycles. The van der Waals surface area contributed by atoms with Crippen LogP contribution in [0.2, 0.25) is 0 Å². The zero-order valence-electron chi connectivity index (χ0n) is 47.3. The predicted molar refractivity (Wildman–Crippen MR) is 331 cm³/mol. The fourth-order valence-electron chi connectivity index (χ4n) is 13.2. The minimum absolute atomic E-state index is 0.0140. The molecule has 0 aliphatic carbocycles. The van der Waals surface area contributed by atoms with Gasteiger partial charge in [0.1, 0.15) is 35.7 Å². The molecule has 90 heavy (non-hydrogen) atoms. The molecule has 21 nitrogen and oxygen atoms in total. The first-order valence-electron chi connectivity index (χ1n) is 29.1. The van der Waals surface area contributed by atoms with Gasteiger partial charge in [-0.1, -0.05) is 164 Å². The first-order chi connectivity index (χ1) is 44.1. The van der Waals surface area contributed by atoms with Gasteiger partial charge in [-0.2, -0.15) is 0 Å². The summed E-state index contributed by atoms with van der Waals surface area (Å²) in [5.41, 5.74) is 10.4. The summed E-state index contributed by atoms with van der Waals surface area (Å²) in [4.78, 5) is 71.1. The number of non-ortho nitro benzene ring substituents is 3. The number of nitro groups is 3. The van der Waals surface area contributed by atoms with Gasteiger partial charge in [-0.05, 0) is 86.5 Å². The first-order valence-corrected chi connectivity index (χ1v) is 29.1. The van der Waals surface area contributed by atoms with Gasteiger partial charge in [-0.3, -0.25) is 60.0 Å². The zero-order valence-corrected chi connectivity index (χ0v) is 47.3. The summed E-state index contributed by atoms with van der Waals surface area (Å²) >= 11 is 0. The van der Waals surface area contributed by atoms with Crippen molar-refractivity contribution in [3.8, 4) is 35.3 Å². The Labute approximate surface area is 512 Å². The van der Waals surface area contributed by atoms with Gasteiger partial charge in [0, 0.05) is 36.4 Å². The molecule has 21 heteroatoms. The third kappa shape index (κ3) is 9.84. The number of fused-ring (bicyclic) bond motifs is 3. The molecule has 0 radical (unpaired) electrons. The molecule has 6 aliphatic heterocycles. The van der Waals surface area contributed by atoms with E-state index in [-0.39, 0.29) is 86.1 Å². The highest BCUT2D eigenvalue weighted by Crippen LogP contribution is 2.59. The van der Waals surface area contributed by atoms with E-state index < -0.39 is 18.5 Å². The number of nitro benzene ring substituents is 3. The molecule has 0 spiro atoms. The molecule has 7 heterocycles. The highest BCUT2D eigenvalue weighted by molar-refractivity contribution is 6.10. The molecule has 3 saturated heterocycles. The Kier molecular flexibility index (Phi) is 13.0. The Hall–Kier alpha value is -11.5. The number of aliphatic imine (C=N–C) groups is 3. The van der Waals surface area contributed by atoms with E-state index in [4.69, 9.17) is 44.1 Å². The number of benzene rings is 9. The zero-order chi connectivity index (χ0) is 60.7. The summed E-state index contributed by atoms with van der Waals surface area (Å²) in [7, 11) is 0. The molecule has 10 aromatic rings. The summed E-state index contributed by atoms with van der Waals surface area (Å²) in [6, 6.07) is 70.9. The van der Waals surface area contributed by atoms with Crippen LogP contribution in [0.3, 0.4) is 0 Å². The van der Waals surface area contributed by atoms with Crippen molar-refractivity contribution in [3.63, 3.8) is 0 Å². The molecule has 438 valence electrons. The molecule has 6 aliphatic rings. The van der Waals surface area contributed by atoms with Crippen molar-refractivity contribution in [1.82, 2.24) is 29.7 Å². The largest absolute Gasteiger partial charge is 0.424 e. The number of aromatic nitrogens is 3. The lowest BCUT2D eigenvalue weighted by molar-refractivity contribution is -0.385. The highest BCUT2D eigenvalue weighted by atomic mass is 16.6. The van der Waals surface area contributed by atoms with Gasteiger partial charge in [0.2, 0.25) is 0 Å². The van der Waals surface area contributed by atoms with Crippen LogP contribution in [0.25, 0.3) is 0 Å². The van der Waals surface area contributed by atoms with Gasteiger partial charge in [0.05, 0.1) is 68.2 Å². The summed E-state index contributed by atoms with van der Waals surface area (Å²) < 4.78 is 19.7. The normalized spacial score (nSPS) is 24.5. The minimum atomic E-state index is -0.470. The monoisotopic (exact) mass is 1190 g/mol. The van der Waals surface area contributed by atoms with Gasteiger partial charge in [-0.25, -0.2) is 0 Å². The lowest BCUT2D eigenvalue weighted by Crippen LogP contribution is -2.08. The van der Waals surface area contributed by atoms with Gasteiger partial charge in [-0.15, -0.1) is 15.0 Å². The lowest BCUT2D eigenvalue weighted by Gasteiger charge is -2.17. The van der Waals surface area contributed by atoms with Crippen molar-refractivity contribution in [3.05, 3.63) is 317 Å². The quantitative estimate of drug-likeness (QED) is 0.0441. The van der Waals surface area contributed by atoms with E-state index in [2.05, 4.69) is 14.7 Å². The summed E-state index contributed by atoms with van der Waals surface area (Å²) in [5, 5.41) is 35.7. The number of rotatable bonds is 18. The maximum atomic E-state index is 11.9. The molecule has 9 aromatic carbocycles. The Morgan fingerprint density at radius 3 is 0.844 bits per heavy atom. The van der Waals surface area contributed by atoms with Crippen LogP contribution in [0.4, 0.5) is 17.1 Å². The SMILES string of the molecule is O=[N+]([O-])c1cccc(C2C3C(c4ccccc4)=NC(c4cccc(Oc5nc(Oc6cccc(C7N=C(c8ccccc8)C8C(c9cccc([N+](=O)[O-])c9)N78)c6)nc(Oc6cccc(C7N=C(c8ccccc8)C8C(c9cccc([N+](=O)[O-])c9)N78)c6)n5)c4)N32)c1. The van der Waals surface area contributed by atoms with Gasteiger partial charge >= 0.3 is 18.0 Å². The van der Waals surface area contributed by atoms with E-state index >= 15 is 0 Å². The molecule has 12 atom stereocenters. The predicted octanol–water partition coefficient (Wildman–Crippen LogP) is 13.8. The maximum absolute atomic E-state index is 11.9. The van der Waals surface area contributed by atoms with Crippen LogP contribution in [-0.2, 0) is 0 Å². The molecule has 3 fully saturated rings. The standard InChI is InChI=1S/C69H48N12O9/c82-79(83)49-28-10-22-43(34-49)58-61-55(40-16-4-1-5-17-40)70-64(76(58)61)46-25-13-31-52(37-46)88-67-73-68(89-53-32-14-26-47(38-53)65-71-56(41-18-6-2-7-19-41)62-59(77(62)65)44-23-11-29-50(35-44)80(84)85)75-69(74-67)90-54-33-15-27-48(39-54)66-72-57(42-20-8-3-9-21-42)63-60(78(63)66)45-24-12-30-51(36-45)81(86)87/h1-39,58-66H. The number of hydrogen-bond donors (Lipinski definition) is 0. The van der Waals surface area contributed by atoms with E-state index in [1.807, 2.05) is 164 Å². The van der Waals surface area contributed by atoms with Crippen LogP contribution in [0.1, 0.15) is 86.7 Å². The van der Waals surface area contributed by atoms with Crippen molar-refractivity contribution in [2.24, 2.45) is 15.0 Å². The van der Waals surface area contributed by atoms with Crippen LogP contribution >= 0.6 is 0 Å². The fourth-order valence-corrected chi connectivity index (χ4v) is 13.2. The average Bonchev–Trinajstić information content (AvgIpc) is 1.56. The van der Waals surface area contributed by atoms with Crippen LogP contribution in [0.5, 0.6) is 35.3 Å². The molecule has 1 aromatic heterocycles. The minimum Gasteiger partial charge on any atom is -0.424 e. The van der Waals surface area contributed by atoms with Crippen molar-refractivity contribution in [1.29, 1.82) is 0 Å². The van der Waals surface area contributed by atoms with Gasteiger partial charge in [0.25, 0.3) is 17.1 Å². The fraction of sp³-hybridized carbons (Fsp3) is 0.130. The second-order valence-electron chi connectivity index (χ2n) is 22.5. The summed E-state index contributed by atoms with van der Waals surface area (Å²) in [6.45, 7) is 0. The Morgan fingerprint density at radius 2 is 0.567 bits per heavy atom. The summed E-state index contributed by atoms with van der Waals surface area (Å²) in [6.07, 6.45) is -1.41. The third-order valence-corrected chi connectivity index (χ3v) is 17.2. The van der Waals surface area contributed by atoms with Crippen LogP contribution in [0.15, 0.2) is 252 Å². The maximum Gasteiger partial charge on any atom is 0.331 e. The van der Waals surface area contributed by atoms with E-state index in [0.29, 0.717) is 17.2 Å². The third-order valence-electron chi connectivity index (χ3n) is 17.2. The Balaban J connectivity index is 0.734. The highest BCUT2D eigenvalue weighted by Gasteiger charge is 2.62. The molecule has 16 rings (SSSR count). The molecule has 0 bridgehead atoms. The topological polar surface area (TPSA) is 242 Å². The summed E-state index contributed by atoms with van der Waals surface area (Å²) in [5.74, 6) is 1.10. The molecular weight excluding hydrogens is 1140 g/mol. The first kappa shape index (κ1) is 53.9. The number of hydrogen-bond acceptors (Lipinski definition) is 18. The average molecular weight is 1190 g/mol. The molecule has 0 amide bonds. The second-order valence-corrected chi connectivity index (χ2v) is 22.5. The van der Waals surface area contributed by atoms with E-state index in [9.17, 15) is 30.3 Å². The van der Waals surface area contributed by atoms with Crippen molar-refractivity contribution >= 4 is 34.2 Å². The Morgan fingerprint density at radius 1 is 0.300 bits per heavy atom. The van der Waals surface area contributed by atoms with Crippen molar-refractivity contribution in [2.45, 2.75) is 54.7 Å². The Bertz CT molecular complexity index is 4180. The van der Waals surface area contributed by atoms with E-state index in [1.165, 1.54) is 18.2 Å². The van der Waals surface area contributed by atoms with Crippen LogP contribution < -0.4 is 14.2 Å². The number of nitrogens with zero attached hydrogens (tertiary/aromatic N) is 12. The van der Waals surface area contributed by atoms with Crippen molar-refractivity contribution in [2.75, 3.05) is 0 Å². The van der Waals surface area contributed by atoms with Crippen LogP contribution in [0, 0.1) is 30.3 Å². The van der Waals surface area contributed by atoms with Gasteiger partial charge < -0.3 is 14.2 Å². The van der Waals surface area contributed by atoms with E-state index in [0.717, 1.165) is 67.2 Å². The lowest BCUT2D eigenvalue weighted by atomic mass is 10.0. The molecule has 12 unspecified atom stereocenters.